The van der Waals surface area contributed by atoms with E-state index in [9.17, 15) is 0 Å². The van der Waals surface area contributed by atoms with E-state index in [4.69, 9.17) is 0 Å². The Morgan fingerprint density at radius 1 is 1.07 bits per heavy atom. The summed E-state index contributed by atoms with van der Waals surface area (Å²) in [6, 6.07) is 17.4. The predicted molar refractivity (Wildman–Crippen MR) is 111 cm³/mol. The molecule has 5 nitrogen and oxygen atoms in total. The number of imidazole rings is 1. The normalized spacial score (nSPS) is 14.8. The van der Waals surface area contributed by atoms with Gasteiger partial charge in [0.2, 0.25) is 0 Å². The molecule has 0 saturated heterocycles. The Morgan fingerprint density at radius 3 is 2.59 bits per heavy atom. The van der Waals surface area contributed by atoms with Crippen LogP contribution in [0.4, 0.5) is 0 Å². The Labute approximate surface area is 159 Å². The number of benzene rings is 2. The average molecular weight is 359 g/mol. The highest BCUT2D eigenvalue weighted by Crippen LogP contribution is 2.14. The Bertz CT molecular complexity index is 944. The zero-order valence-electron chi connectivity index (χ0n) is 15.6. The summed E-state index contributed by atoms with van der Waals surface area (Å²) in [5.74, 6) is 0.859. The highest BCUT2D eigenvalue weighted by atomic mass is 15.2. The summed E-state index contributed by atoms with van der Waals surface area (Å²) in [6.07, 6.45) is 8.48. The van der Waals surface area contributed by atoms with Crippen molar-refractivity contribution < 1.29 is 0 Å². The van der Waals surface area contributed by atoms with E-state index in [0.717, 1.165) is 37.4 Å². The Kier molecular flexibility index (Phi) is 5.19. The average Bonchev–Trinajstić information content (AvgIpc) is 3.36. The second-order valence-corrected chi connectivity index (χ2v) is 6.89. The van der Waals surface area contributed by atoms with E-state index >= 15 is 0 Å². The highest BCUT2D eigenvalue weighted by molar-refractivity contribution is 5.80. The van der Waals surface area contributed by atoms with Crippen LogP contribution in [-0.4, -0.2) is 28.6 Å². The lowest BCUT2D eigenvalue weighted by Crippen LogP contribution is -2.42. The van der Waals surface area contributed by atoms with Crippen molar-refractivity contribution in [2.75, 3.05) is 7.05 Å². The van der Waals surface area contributed by atoms with Gasteiger partial charge in [0.15, 0.2) is 5.96 Å². The van der Waals surface area contributed by atoms with Gasteiger partial charge in [0, 0.05) is 26.2 Å². The molecule has 0 amide bonds. The monoisotopic (exact) mass is 359 g/mol. The largest absolute Gasteiger partial charge is 0.353 e. The number of aromatic nitrogens is 2. The number of aliphatic imine (C=N–C) groups is 1. The zero-order chi connectivity index (χ0) is 18.5. The number of nitrogens with zero attached hydrogens (tertiary/aromatic N) is 3. The molecule has 0 radical (unpaired) electrons. The van der Waals surface area contributed by atoms with Crippen LogP contribution in [0.25, 0.3) is 11.0 Å². The summed E-state index contributed by atoms with van der Waals surface area (Å²) in [4.78, 5) is 8.78. The molecule has 138 valence electrons. The topological polar surface area (TPSA) is 54.2 Å². The molecule has 0 fully saturated rings. The van der Waals surface area contributed by atoms with Crippen LogP contribution in [0.1, 0.15) is 24.0 Å². The van der Waals surface area contributed by atoms with Crippen molar-refractivity contribution in [3.8, 4) is 0 Å². The van der Waals surface area contributed by atoms with Crippen molar-refractivity contribution >= 4 is 17.0 Å². The summed E-state index contributed by atoms with van der Waals surface area (Å²) in [7, 11) is 1.82. The molecule has 0 saturated carbocycles. The molecule has 0 aliphatic heterocycles. The molecule has 27 heavy (non-hydrogen) atoms. The van der Waals surface area contributed by atoms with Crippen molar-refractivity contribution in [3.63, 3.8) is 0 Å². The standard InChI is InChI=1S/C22H25N5/c1-23-22(26-19-6-2-3-7-19)24-14-17-10-12-18(13-11-17)15-27-16-25-20-8-4-5-9-21(20)27/h2-5,8-13,16,19H,6-7,14-15H2,1H3,(H2,23,24,26). The number of para-hydroxylation sites is 2. The zero-order valence-corrected chi connectivity index (χ0v) is 15.6. The van der Waals surface area contributed by atoms with Crippen LogP contribution in [0, 0.1) is 0 Å². The number of fused-ring (bicyclic) bond motifs is 1. The van der Waals surface area contributed by atoms with Crippen LogP contribution in [0.15, 0.2) is 72.0 Å². The lowest BCUT2D eigenvalue weighted by molar-refractivity contribution is 0.633. The molecule has 3 aromatic rings. The molecule has 0 bridgehead atoms. The van der Waals surface area contributed by atoms with E-state index in [-0.39, 0.29) is 0 Å². The summed E-state index contributed by atoms with van der Waals surface area (Å²) in [6.45, 7) is 1.58. The molecule has 4 rings (SSSR count). The smallest absolute Gasteiger partial charge is 0.191 e. The van der Waals surface area contributed by atoms with Crippen molar-refractivity contribution in [2.45, 2.75) is 32.0 Å². The molecular weight excluding hydrogens is 334 g/mol. The lowest BCUT2D eigenvalue weighted by atomic mass is 10.1. The van der Waals surface area contributed by atoms with Crippen LogP contribution >= 0.6 is 0 Å². The molecule has 1 heterocycles. The number of hydrogen-bond donors (Lipinski definition) is 2. The lowest BCUT2D eigenvalue weighted by Gasteiger charge is -2.17. The third-order valence-corrected chi connectivity index (χ3v) is 4.94. The van der Waals surface area contributed by atoms with Crippen LogP contribution in [0.2, 0.25) is 0 Å². The van der Waals surface area contributed by atoms with E-state index in [1.165, 1.54) is 16.6 Å². The van der Waals surface area contributed by atoms with Gasteiger partial charge in [-0.25, -0.2) is 4.98 Å². The maximum Gasteiger partial charge on any atom is 0.191 e. The molecule has 5 heteroatoms. The van der Waals surface area contributed by atoms with Crippen molar-refractivity contribution in [1.82, 2.24) is 20.2 Å². The quantitative estimate of drug-likeness (QED) is 0.417. The summed E-state index contributed by atoms with van der Waals surface area (Å²) in [5.41, 5.74) is 4.71. The van der Waals surface area contributed by atoms with Crippen LogP contribution < -0.4 is 10.6 Å². The highest BCUT2D eigenvalue weighted by Gasteiger charge is 2.11. The van der Waals surface area contributed by atoms with Gasteiger partial charge in [-0.3, -0.25) is 4.99 Å². The number of guanidine groups is 1. The first-order valence-corrected chi connectivity index (χ1v) is 9.42. The first-order chi connectivity index (χ1) is 13.3. The van der Waals surface area contributed by atoms with E-state index in [2.05, 4.69) is 73.7 Å². The SMILES string of the molecule is CN=C(NCc1ccc(Cn2cnc3ccccc32)cc1)NC1CC=CC1. The Balaban J connectivity index is 1.34. The van der Waals surface area contributed by atoms with Crippen molar-refractivity contribution in [3.05, 3.63) is 78.1 Å². The minimum Gasteiger partial charge on any atom is -0.353 e. The number of hydrogen-bond acceptors (Lipinski definition) is 2. The maximum absolute atomic E-state index is 4.46. The molecule has 0 atom stereocenters. The predicted octanol–water partition coefficient (Wildman–Crippen LogP) is 3.47. The fraction of sp³-hybridized carbons (Fsp3) is 0.273. The molecule has 2 N–H and O–H groups in total. The van der Waals surface area contributed by atoms with Gasteiger partial charge in [-0.1, -0.05) is 48.6 Å². The van der Waals surface area contributed by atoms with E-state index < -0.39 is 0 Å². The van der Waals surface area contributed by atoms with E-state index in [1.807, 2.05) is 25.5 Å². The summed E-state index contributed by atoms with van der Waals surface area (Å²) >= 11 is 0. The Morgan fingerprint density at radius 2 is 1.81 bits per heavy atom. The fourth-order valence-electron chi connectivity index (χ4n) is 3.40. The molecule has 1 aromatic heterocycles. The molecule has 0 spiro atoms. The molecule has 0 unspecified atom stereocenters. The minimum absolute atomic E-state index is 0.462. The second kappa shape index (κ2) is 8.08. The van der Waals surface area contributed by atoms with Crippen molar-refractivity contribution in [1.29, 1.82) is 0 Å². The number of nitrogens with one attached hydrogen (secondary N) is 2. The van der Waals surface area contributed by atoms with Gasteiger partial charge in [-0.15, -0.1) is 0 Å². The van der Waals surface area contributed by atoms with Crippen molar-refractivity contribution in [2.24, 2.45) is 4.99 Å². The van der Waals surface area contributed by atoms with Gasteiger partial charge in [-0.2, -0.15) is 0 Å². The third-order valence-electron chi connectivity index (χ3n) is 4.94. The number of rotatable bonds is 5. The van der Waals surface area contributed by atoms with Gasteiger partial charge in [0.05, 0.1) is 17.4 Å². The van der Waals surface area contributed by atoms with Crippen LogP contribution in [0.3, 0.4) is 0 Å². The Hall–Kier alpha value is -3.08. The van der Waals surface area contributed by atoms with Crippen LogP contribution in [0.5, 0.6) is 0 Å². The minimum atomic E-state index is 0.462. The van der Waals surface area contributed by atoms with Crippen LogP contribution in [-0.2, 0) is 13.1 Å². The summed E-state index contributed by atoms with van der Waals surface area (Å²) in [5, 5.41) is 6.86. The molecule has 1 aliphatic carbocycles. The maximum atomic E-state index is 4.46. The summed E-state index contributed by atoms with van der Waals surface area (Å²) < 4.78 is 2.18. The first kappa shape index (κ1) is 17.3. The molecular formula is C22H25N5. The third kappa shape index (κ3) is 4.19. The van der Waals surface area contributed by atoms with Gasteiger partial charge in [-0.05, 0) is 36.1 Å². The van der Waals surface area contributed by atoms with Gasteiger partial charge in [0.25, 0.3) is 0 Å². The molecule has 1 aliphatic rings. The van der Waals surface area contributed by atoms with Gasteiger partial charge < -0.3 is 15.2 Å². The first-order valence-electron chi connectivity index (χ1n) is 9.42. The van der Waals surface area contributed by atoms with Gasteiger partial charge in [0.1, 0.15) is 0 Å². The van der Waals surface area contributed by atoms with E-state index in [0.29, 0.717) is 6.04 Å². The molecule has 2 aromatic carbocycles. The van der Waals surface area contributed by atoms with E-state index in [1.54, 1.807) is 0 Å². The van der Waals surface area contributed by atoms with Gasteiger partial charge >= 0.3 is 0 Å². The fourth-order valence-corrected chi connectivity index (χ4v) is 3.40. The second-order valence-electron chi connectivity index (χ2n) is 6.89.